The third kappa shape index (κ3) is 5.96. The lowest BCUT2D eigenvalue weighted by Crippen LogP contribution is -2.24. The van der Waals surface area contributed by atoms with Crippen molar-refractivity contribution < 1.29 is 0 Å². The Hall–Kier alpha value is -3.57. The van der Waals surface area contributed by atoms with Gasteiger partial charge in [0.1, 0.15) is 5.82 Å². The molecule has 0 saturated carbocycles. The Bertz CT molecular complexity index is 981. The van der Waals surface area contributed by atoms with Crippen molar-refractivity contribution in [3.63, 3.8) is 0 Å². The van der Waals surface area contributed by atoms with E-state index in [1.165, 1.54) is 5.56 Å². The molecule has 0 amide bonds. The van der Waals surface area contributed by atoms with Crippen molar-refractivity contribution >= 4 is 5.82 Å². The van der Waals surface area contributed by atoms with E-state index in [9.17, 15) is 0 Å². The topological polar surface area (TPSA) is 53.9 Å². The van der Waals surface area contributed by atoms with Crippen molar-refractivity contribution in [2.45, 2.75) is 26.2 Å². The van der Waals surface area contributed by atoms with Gasteiger partial charge < -0.3 is 5.32 Å². The molecule has 1 aromatic carbocycles. The molecular weight excluding hydrogens is 370 g/mol. The van der Waals surface area contributed by atoms with Gasteiger partial charge in [-0.1, -0.05) is 48.5 Å². The molecule has 0 unspecified atom stereocenters. The number of pyridine rings is 3. The smallest absolute Gasteiger partial charge is 0.126 e. The third-order valence-electron chi connectivity index (χ3n) is 4.73. The molecule has 0 radical (unpaired) electrons. The number of hydrogen-bond donors (Lipinski definition) is 1. The summed E-state index contributed by atoms with van der Waals surface area (Å²) in [5, 5.41) is 3.42. The lowest BCUT2D eigenvalue weighted by atomic mass is 10.2. The van der Waals surface area contributed by atoms with Gasteiger partial charge in [-0.15, -0.1) is 0 Å². The summed E-state index contributed by atoms with van der Waals surface area (Å²) >= 11 is 0. The average molecular weight is 396 g/mol. The molecule has 150 valence electrons. The molecule has 4 rings (SSSR count). The Labute approximate surface area is 177 Å². The van der Waals surface area contributed by atoms with Crippen molar-refractivity contribution in [1.29, 1.82) is 0 Å². The van der Waals surface area contributed by atoms with E-state index in [4.69, 9.17) is 4.98 Å². The summed E-state index contributed by atoms with van der Waals surface area (Å²) in [5.74, 6) is 0.881. The summed E-state index contributed by atoms with van der Waals surface area (Å²) in [6.45, 7) is 2.94. The second-order valence-corrected chi connectivity index (χ2v) is 7.14. The predicted molar refractivity (Wildman–Crippen MR) is 119 cm³/mol. The minimum Gasteiger partial charge on any atom is -0.366 e. The molecule has 0 atom stereocenters. The van der Waals surface area contributed by atoms with Crippen LogP contribution in [-0.2, 0) is 26.2 Å². The van der Waals surface area contributed by atoms with Crippen LogP contribution in [0.15, 0.2) is 97.3 Å². The molecule has 5 heteroatoms. The van der Waals surface area contributed by atoms with E-state index in [0.29, 0.717) is 6.54 Å². The van der Waals surface area contributed by atoms with Crippen LogP contribution in [0.2, 0.25) is 0 Å². The van der Waals surface area contributed by atoms with E-state index in [0.717, 1.165) is 42.5 Å². The molecule has 4 aromatic rings. The molecule has 30 heavy (non-hydrogen) atoms. The van der Waals surface area contributed by atoms with Gasteiger partial charge in [-0.05, 0) is 42.0 Å². The summed E-state index contributed by atoms with van der Waals surface area (Å²) < 4.78 is 0. The second-order valence-electron chi connectivity index (χ2n) is 7.14. The highest BCUT2D eigenvalue weighted by Crippen LogP contribution is 2.13. The Balaban J connectivity index is 1.46. The van der Waals surface area contributed by atoms with Gasteiger partial charge in [0.05, 0.1) is 17.1 Å². The SMILES string of the molecule is c1ccc(CNc2cccc(CN(Cc3ccccn3)Cc3ccccn3)n2)cc1. The number of rotatable bonds is 9. The van der Waals surface area contributed by atoms with Crippen LogP contribution >= 0.6 is 0 Å². The van der Waals surface area contributed by atoms with E-state index in [1.807, 2.05) is 60.9 Å². The molecule has 0 aliphatic heterocycles. The minimum atomic E-state index is 0.716. The number of nitrogens with zero attached hydrogens (tertiary/aromatic N) is 4. The monoisotopic (exact) mass is 395 g/mol. The maximum Gasteiger partial charge on any atom is 0.126 e. The standard InChI is InChI=1S/C25H25N5/c1-2-9-21(10-3-1)17-28-25-14-8-13-24(29-25)20-30(18-22-11-4-6-15-26-22)19-23-12-5-7-16-27-23/h1-16H,17-20H2,(H,28,29). The molecule has 1 N–H and O–H groups in total. The maximum atomic E-state index is 4.82. The molecule has 5 nitrogen and oxygen atoms in total. The van der Waals surface area contributed by atoms with Crippen LogP contribution < -0.4 is 5.32 Å². The largest absolute Gasteiger partial charge is 0.366 e. The van der Waals surface area contributed by atoms with Gasteiger partial charge in [0.15, 0.2) is 0 Å². The fourth-order valence-corrected chi connectivity index (χ4v) is 3.29. The van der Waals surface area contributed by atoms with Gasteiger partial charge >= 0.3 is 0 Å². The lowest BCUT2D eigenvalue weighted by Gasteiger charge is -2.21. The van der Waals surface area contributed by atoms with Gasteiger partial charge in [-0.25, -0.2) is 4.98 Å². The van der Waals surface area contributed by atoms with Crippen molar-refractivity contribution in [2.75, 3.05) is 5.32 Å². The number of nitrogens with one attached hydrogen (secondary N) is 1. The summed E-state index contributed by atoms with van der Waals surface area (Å²) in [7, 11) is 0. The van der Waals surface area contributed by atoms with Crippen molar-refractivity contribution in [3.05, 3.63) is 120 Å². The van der Waals surface area contributed by atoms with Crippen LogP contribution in [0, 0.1) is 0 Å². The zero-order valence-electron chi connectivity index (χ0n) is 16.9. The highest BCUT2D eigenvalue weighted by atomic mass is 15.1. The fraction of sp³-hybridized carbons (Fsp3) is 0.160. The highest BCUT2D eigenvalue weighted by molar-refractivity contribution is 5.36. The van der Waals surface area contributed by atoms with Gasteiger partial charge in [-0.2, -0.15) is 0 Å². The Morgan fingerprint density at radius 3 is 1.83 bits per heavy atom. The van der Waals surface area contributed by atoms with Crippen LogP contribution in [0.25, 0.3) is 0 Å². The van der Waals surface area contributed by atoms with Crippen LogP contribution in [0.3, 0.4) is 0 Å². The van der Waals surface area contributed by atoms with Crippen molar-refractivity contribution in [2.24, 2.45) is 0 Å². The molecule has 0 fully saturated rings. The van der Waals surface area contributed by atoms with E-state index in [-0.39, 0.29) is 0 Å². The van der Waals surface area contributed by atoms with Crippen LogP contribution in [0.1, 0.15) is 22.6 Å². The molecule has 0 spiro atoms. The van der Waals surface area contributed by atoms with E-state index < -0.39 is 0 Å². The number of anilines is 1. The molecule has 0 saturated heterocycles. The summed E-state index contributed by atoms with van der Waals surface area (Å²) in [4.78, 5) is 16.1. The highest BCUT2D eigenvalue weighted by Gasteiger charge is 2.11. The molecule has 0 aliphatic rings. The average Bonchev–Trinajstić information content (AvgIpc) is 2.80. The Morgan fingerprint density at radius 2 is 1.20 bits per heavy atom. The minimum absolute atomic E-state index is 0.716. The van der Waals surface area contributed by atoms with Crippen LogP contribution in [0.4, 0.5) is 5.82 Å². The van der Waals surface area contributed by atoms with Gasteiger partial charge in [0, 0.05) is 38.6 Å². The van der Waals surface area contributed by atoms with Crippen LogP contribution in [0.5, 0.6) is 0 Å². The predicted octanol–water partition coefficient (Wildman–Crippen LogP) is 4.69. The quantitative estimate of drug-likeness (QED) is 0.446. The summed E-state index contributed by atoms with van der Waals surface area (Å²) in [5.41, 5.74) is 4.31. The first-order chi connectivity index (χ1) is 14.8. The van der Waals surface area contributed by atoms with Crippen molar-refractivity contribution in [1.82, 2.24) is 19.9 Å². The zero-order valence-corrected chi connectivity index (χ0v) is 16.9. The number of aromatic nitrogens is 3. The first kappa shape index (κ1) is 19.7. The molecule has 3 aromatic heterocycles. The normalized spacial score (nSPS) is 10.8. The molecule has 0 bridgehead atoms. The third-order valence-corrected chi connectivity index (χ3v) is 4.73. The van der Waals surface area contributed by atoms with E-state index in [1.54, 1.807) is 0 Å². The van der Waals surface area contributed by atoms with Gasteiger partial charge in [0.2, 0.25) is 0 Å². The van der Waals surface area contributed by atoms with E-state index in [2.05, 4.69) is 56.6 Å². The number of hydrogen-bond acceptors (Lipinski definition) is 5. The Kier molecular flexibility index (Phi) is 6.76. The van der Waals surface area contributed by atoms with Gasteiger partial charge in [0.25, 0.3) is 0 Å². The first-order valence-electron chi connectivity index (χ1n) is 10.1. The van der Waals surface area contributed by atoms with Crippen molar-refractivity contribution in [3.8, 4) is 0 Å². The molecular formula is C25H25N5. The van der Waals surface area contributed by atoms with Crippen LogP contribution in [-0.4, -0.2) is 19.9 Å². The van der Waals surface area contributed by atoms with E-state index >= 15 is 0 Å². The maximum absolute atomic E-state index is 4.82. The molecule has 0 aliphatic carbocycles. The first-order valence-corrected chi connectivity index (χ1v) is 10.1. The van der Waals surface area contributed by atoms with Gasteiger partial charge in [-0.3, -0.25) is 14.9 Å². The summed E-state index contributed by atoms with van der Waals surface area (Å²) in [6.07, 6.45) is 3.67. The lowest BCUT2D eigenvalue weighted by molar-refractivity contribution is 0.239. The number of benzene rings is 1. The Morgan fingerprint density at radius 1 is 0.600 bits per heavy atom. The molecule has 3 heterocycles. The second kappa shape index (κ2) is 10.3. The summed E-state index contributed by atoms with van der Waals surface area (Å²) in [6, 6.07) is 28.5. The zero-order chi connectivity index (χ0) is 20.4. The fourth-order valence-electron chi connectivity index (χ4n) is 3.29.